The highest BCUT2D eigenvalue weighted by Gasteiger charge is 2.44. The van der Waals surface area contributed by atoms with Gasteiger partial charge in [-0.3, -0.25) is 19.7 Å². The van der Waals surface area contributed by atoms with Crippen molar-refractivity contribution in [3.05, 3.63) is 60.2 Å². The van der Waals surface area contributed by atoms with Crippen molar-refractivity contribution in [2.45, 2.75) is 24.8 Å². The number of pyridine rings is 2. The van der Waals surface area contributed by atoms with E-state index < -0.39 is 0 Å². The average molecular weight is 354 g/mol. The Kier molecular flexibility index (Phi) is 5.19. The zero-order valence-corrected chi connectivity index (χ0v) is 14.5. The number of hydrogen-bond donors (Lipinski definition) is 1. The number of morpholine rings is 1. The van der Waals surface area contributed by atoms with Crippen molar-refractivity contribution in [2.24, 2.45) is 0 Å². The minimum absolute atomic E-state index is 0.111. The van der Waals surface area contributed by atoms with Gasteiger partial charge in [0.25, 0.3) is 5.91 Å². The van der Waals surface area contributed by atoms with Gasteiger partial charge in [-0.25, -0.2) is 0 Å². The Hall–Kier alpha value is -2.35. The molecule has 2 aromatic heterocycles. The first kappa shape index (κ1) is 17.1. The van der Waals surface area contributed by atoms with Gasteiger partial charge in [-0.1, -0.05) is 12.1 Å². The molecule has 4 rings (SSSR count). The van der Waals surface area contributed by atoms with Gasteiger partial charge in [0.15, 0.2) is 0 Å². The highest BCUT2D eigenvalue weighted by atomic mass is 16.5. The van der Waals surface area contributed by atoms with Crippen LogP contribution in [0.4, 0.5) is 0 Å². The van der Waals surface area contributed by atoms with Crippen molar-refractivity contribution in [3.8, 4) is 0 Å². The summed E-state index contributed by atoms with van der Waals surface area (Å²) in [5.41, 5.74) is 1.29. The molecule has 0 aliphatic carbocycles. The number of nitrogens with zero attached hydrogens (tertiary/aromatic N) is 3. The molecule has 7 nitrogen and oxygen atoms in total. The molecule has 2 saturated heterocycles. The molecule has 0 spiro atoms. The molecule has 2 aliphatic heterocycles. The van der Waals surface area contributed by atoms with Crippen LogP contribution in [0.15, 0.2) is 48.8 Å². The van der Waals surface area contributed by atoms with Gasteiger partial charge in [-0.05, 0) is 24.3 Å². The second-order valence-corrected chi connectivity index (χ2v) is 6.53. The Morgan fingerprint density at radius 1 is 1.23 bits per heavy atom. The Balaban J connectivity index is 1.46. The maximum absolute atomic E-state index is 12.5. The highest BCUT2D eigenvalue weighted by molar-refractivity contribution is 5.92. The van der Waals surface area contributed by atoms with E-state index in [1.807, 2.05) is 24.3 Å². The summed E-state index contributed by atoms with van der Waals surface area (Å²) in [7, 11) is 0. The first-order valence-electron chi connectivity index (χ1n) is 8.86. The molecule has 3 atom stereocenters. The van der Waals surface area contributed by atoms with Crippen LogP contribution < -0.4 is 5.32 Å². The van der Waals surface area contributed by atoms with E-state index in [1.54, 1.807) is 24.5 Å². The predicted molar refractivity (Wildman–Crippen MR) is 94.5 cm³/mol. The maximum atomic E-state index is 12.5. The number of hydrogen-bond acceptors (Lipinski definition) is 6. The zero-order valence-electron chi connectivity index (χ0n) is 14.5. The lowest BCUT2D eigenvalue weighted by atomic mass is 10.1. The van der Waals surface area contributed by atoms with Gasteiger partial charge >= 0.3 is 0 Å². The number of amides is 1. The molecular formula is C19H22N4O3. The first-order chi connectivity index (χ1) is 12.8. The minimum Gasteiger partial charge on any atom is -0.378 e. The van der Waals surface area contributed by atoms with Gasteiger partial charge in [-0.15, -0.1) is 0 Å². The number of nitrogens with one attached hydrogen (secondary N) is 1. The number of carbonyl (C=O) groups excluding carboxylic acids is 1. The molecule has 136 valence electrons. The Morgan fingerprint density at radius 3 is 2.85 bits per heavy atom. The normalized spacial score (nSPS) is 25.6. The maximum Gasteiger partial charge on any atom is 0.270 e. The standard InChI is InChI=1S/C19H22N4O3/c24-19(15-6-2-4-8-21-15)22-16-11-23-9-10-25-13-17(23)18(16)26-12-14-5-1-3-7-20-14/h1-8,16-18H,9-13H2,(H,22,24)/t16-,17+,18+/m1/s1. The Labute approximate surface area is 152 Å². The summed E-state index contributed by atoms with van der Waals surface area (Å²) in [6, 6.07) is 11.1. The van der Waals surface area contributed by atoms with Crippen molar-refractivity contribution < 1.29 is 14.3 Å². The fourth-order valence-electron chi connectivity index (χ4n) is 3.57. The summed E-state index contributed by atoms with van der Waals surface area (Å²) in [6.45, 7) is 3.34. The minimum atomic E-state index is -0.178. The van der Waals surface area contributed by atoms with E-state index in [0.717, 1.165) is 18.8 Å². The summed E-state index contributed by atoms with van der Waals surface area (Å²) in [4.78, 5) is 23.3. The van der Waals surface area contributed by atoms with E-state index in [-0.39, 0.29) is 24.1 Å². The van der Waals surface area contributed by atoms with Crippen LogP contribution in [0, 0.1) is 0 Å². The van der Waals surface area contributed by atoms with Crippen molar-refractivity contribution in [1.82, 2.24) is 20.2 Å². The number of fused-ring (bicyclic) bond motifs is 1. The molecule has 2 fully saturated rings. The van der Waals surface area contributed by atoms with Crippen LogP contribution in [-0.2, 0) is 16.1 Å². The van der Waals surface area contributed by atoms with Crippen LogP contribution in [0.3, 0.4) is 0 Å². The summed E-state index contributed by atoms with van der Waals surface area (Å²) in [5, 5.41) is 3.09. The monoisotopic (exact) mass is 354 g/mol. The molecular weight excluding hydrogens is 332 g/mol. The second kappa shape index (κ2) is 7.90. The van der Waals surface area contributed by atoms with E-state index in [2.05, 4.69) is 20.2 Å². The highest BCUT2D eigenvalue weighted by Crippen LogP contribution is 2.25. The molecule has 0 radical (unpaired) electrons. The fraction of sp³-hybridized carbons (Fsp3) is 0.421. The van der Waals surface area contributed by atoms with Gasteiger partial charge < -0.3 is 14.8 Å². The third kappa shape index (κ3) is 3.75. The van der Waals surface area contributed by atoms with E-state index in [9.17, 15) is 4.79 Å². The third-order valence-electron chi connectivity index (χ3n) is 4.85. The van der Waals surface area contributed by atoms with Gasteiger partial charge in [0.1, 0.15) is 5.69 Å². The summed E-state index contributed by atoms with van der Waals surface area (Å²) >= 11 is 0. The van der Waals surface area contributed by atoms with Gasteiger partial charge in [0.2, 0.25) is 0 Å². The van der Waals surface area contributed by atoms with Crippen LogP contribution in [0.2, 0.25) is 0 Å². The van der Waals surface area contributed by atoms with Crippen LogP contribution in [0.1, 0.15) is 16.2 Å². The third-order valence-corrected chi connectivity index (χ3v) is 4.85. The molecule has 2 aliphatic rings. The van der Waals surface area contributed by atoms with Crippen LogP contribution >= 0.6 is 0 Å². The molecule has 4 heterocycles. The van der Waals surface area contributed by atoms with E-state index in [0.29, 0.717) is 25.5 Å². The smallest absolute Gasteiger partial charge is 0.270 e. The molecule has 2 aromatic rings. The van der Waals surface area contributed by atoms with Crippen LogP contribution in [0.25, 0.3) is 0 Å². The molecule has 26 heavy (non-hydrogen) atoms. The van der Waals surface area contributed by atoms with Crippen molar-refractivity contribution in [1.29, 1.82) is 0 Å². The summed E-state index contributed by atoms with van der Waals surface area (Å²) in [6.07, 6.45) is 3.23. The molecule has 0 unspecified atom stereocenters. The Morgan fingerprint density at radius 2 is 2.08 bits per heavy atom. The van der Waals surface area contributed by atoms with Gasteiger partial charge in [-0.2, -0.15) is 0 Å². The van der Waals surface area contributed by atoms with Gasteiger partial charge in [0, 0.05) is 25.5 Å². The van der Waals surface area contributed by atoms with Crippen molar-refractivity contribution >= 4 is 5.91 Å². The number of rotatable bonds is 5. The SMILES string of the molecule is O=C(N[C@@H]1CN2CCOC[C@H]2[C@H]1OCc1ccccn1)c1ccccn1. The molecule has 1 amide bonds. The molecule has 0 saturated carbocycles. The number of carbonyl (C=O) groups is 1. The topological polar surface area (TPSA) is 76.6 Å². The molecule has 0 aromatic carbocycles. The molecule has 1 N–H and O–H groups in total. The lowest BCUT2D eigenvalue weighted by Crippen LogP contribution is -2.48. The predicted octanol–water partition coefficient (Wildman–Crippen LogP) is 0.875. The molecule has 0 bridgehead atoms. The first-order valence-corrected chi connectivity index (χ1v) is 8.86. The van der Waals surface area contributed by atoms with E-state index >= 15 is 0 Å². The Bertz CT molecular complexity index is 728. The lowest BCUT2D eigenvalue weighted by Gasteiger charge is -2.32. The zero-order chi connectivity index (χ0) is 17.8. The number of ether oxygens (including phenoxy) is 2. The van der Waals surface area contributed by atoms with Gasteiger partial charge in [0.05, 0.1) is 43.7 Å². The largest absolute Gasteiger partial charge is 0.378 e. The van der Waals surface area contributed by atoms with Crippen LogP contribution in [-0.4, -0.2) is 65.3 Å². The fourth-order valence-corrected chi connectivity index (χ4v) is 3.57. The van der Waals surface area contributed by atoms with E-state index in [1.165, 1.54) is 0 Å². The number of aromatic nitrogens is 2. The summed E-state index contributed by atoms with van der Waals surface area (Å²) in [5.74, 6) is -0.178. The van der Waals surface area contributed by atoms with Crippen molar-refractivity contribution in [2.75, 3.05) is 26.3 Å². The quantitative estimate of drug-likeness (QED) is 0.859. The molecule has 7 heteroatoms. The van der Waals surface area contributed by atoms with Crippen LogP contribution in [0.5, 0.6) is 0 Å². The average Bonchev–Trinajstić information content (AvgIpc) is 3.05. The lowest BCUT2D eigenvalue weighted by molar-refractivity contribution is -0.0537. The van der Waals surface area contributed by atoms with Crippen molar-refractivity contribution in [3.63, 3.8) is 0 Å². The van der Waals surface area contributed by atoms with E-state index in [4.69, 9.17) is 9.47 Å². The summed E-state index contributed by atoms with van der Waals surface area (Å²) < 4.78 is 11.8. The second-order valence-electron chi connectivity index (χ2n) is 6.53.